The first kappa shape index (κ1) is 28.9. The molecular formula is C31H26BrClN2O5S. The van der Waals surface area contributed by atoms with Crippen molar-refractivity contribution in [3.8, 4) is 11.5 Å². The van der Waals surface area contributed by atoms with Gasteiger partial charge in [-0.2, -0.15) is 0 Å². The molecule has 0 aliphatic carbocycles. The summed E-state index contributed by atoms with van der Waals surface area (Å²) in [6.45, 7) is 2.17. The fourth-order valence-electron chi connectivity index (χ4n) is 4.74. The zero-order valence-corrected chi connectivity index (χ0v) is 25.7. The van der Waals surface area contributed by atoms with Crippen molar-refractivity contribution in [2.24, 2.45) is 4.99 Å². The number of carbonyl (C=O) groups is 1. The molecule has 0 radical (unpaired) electrons. The van der Waals surface area contributed by atoms with Crippen molar-refractivity contribution in [1.82, 2.24) is 4.57 Å². The van der Waals surface area contributed by atoms with Gasteiger partial charge in [0.1, 0.15) is 6.61 Å². The van der Waals surface area contributed by atoms with Crippen LogP contribution in [0.4, 0.5) is 0 Å². The lowest BCUT2D eigenvalue weighted by Crippen LogP contribution is -2.40. The topological polar surface area (TPSA) is 79.1 Å². The Bertz CT molecular complexity index is 1830. The molecule has 1 atom stereocenters. The molecule has 210 valence electrons. The van der Waals surface area contributed by atoms with Gasteiger partial charge in [0.15, 0.2) is 16.3 Å². The van der Waals surface area contributed by atoms with Crippen LogP contribution in [0.25, 0.3) is 6.08 Å². The van der Waals surface area contributed by atoms with Crippen LogP contribution in [0.1, 0.15) is 36.1 Å². The highest BCUT2D eigenvalue weighted by molar-refractivity contribution is 9.10. The summed E-state index contributed by atoms with van der Waals surface area (Å²) >= 11 is 11.0. The standard InChI is InChI=1S/C31H26BrClN2O5S/c1-4-23-26(30(37)39-3)27(19-10-6-5-7-11-19)35-29(36)25(41-31(35)34-23)15-20-14-21(32)16-24(38-2)28(20)40-17-18-9-8-12-22(33)13-18/h5-16,27H,4,17H2,1-3H3/b25-15+/t27-/m0/s1. The SMILES string of the molecule is CCC1=C(C(=O)OC)[C@H](c2ccccc2)n2c(s/c(=C/c3cc(Br)cc(OC)c3OCc3cccc(Cl)c3)c2=O)=N1. The highest BCUT2D eigenvalue weighted by atomic mass is 79.9. The molecule has 3 aromatic carbocycles. The fraction of sp³-hybridized carbons (Fsp3) is 0.194. The number of methoxy groups -OCH3 is 2. The Morgan fingerprint density at radius 2 is 1.90 bits per heavy atom. The van der Waals surface area contributed by atoms with E-state index in [0.29, 0.717) is 49.1 Å². The predicted molar refractivity (Wildman–Crippen MR) is 163 cm³/mol. The lowest BCUT2D eigenvalue weighted by Gasteiger charge is -2.25. The molecule has 1 aliphatic heterocycles. The molecule has 10 heteroatoms. The lowest BCUT2D eigenvalue weighted by atomic mass is 9.95. The van der Waals surface area contributed by atoms with Crippen LogP contribution in [0.5, 0.6) is 11.5 Å². The summed E-state index contributed by atoms with van der Waals surface area (Å²) in [6, 6.07) is 19.8. The van der Waals surface area contributed by atoms with Gasteiger partial charge in [0, 0.05) is 15.1 Å². The van der Waals surface area contributed by atoms with Crippen molar-refractivity contribution >= 4 is 50.9 Å². The minimum absolute atomic E-state index is 0.247. The first-order chi connectivity index (χ1) is 19.8. The third kappa shape index (κ3) is 5.88. The van der Waals surface area contributed by atoms with E-state index in [9.17, 15) is 9.59 Å². The van der Waals surface area contributed by atoms with E-state index in [-0.39, 0.29) is 12.2 Å². The second-order valence-electron chi connectivity index (χ2n) is 9.14. The smallest absolute Gasteiger partial charge is 0.338 e. The lowest BCUT2D eigenvalue weighted by molar-refractivity contribution is -0.136. The zero-order valence-electron chi connectivity index (χ0n) is 22.5. The van der Waals surface area contributed by atoms with E-state index in [0.717, 1.165) is 15.6 Å². The first-order valence-electron chi connectivity index (χ1n) is 12.8. The van der Waals surface area contributed by atoms with E-state index in [2.05, 4.69) is 15.9 Å². The number of halogens is 2. The Morgan fingerprint density at radius 1 is 1.12 bits per heavy atom. The monoisotopic (exact) mass is 652 g/mol. The van der Waals surface area contributed by atoms with E-state index in [1.165, 1.54) is 18.4 Å². The van der Waals surface area contributed by atoms with Crippen molar-refractivity contribution in [2.45, 2.75) is 26.0 Å². The summed E-state index contributed by atoms with van der Waals surface area (Å²) in [5.41, 5.74) is 2.98. The number of benzene rings is 3. The average molecular weight is 654 g/mol. The summed E-state index contributed by atoms with van der Waals surface area (Å²) in [6.07, 6.45) is 2.27. The number of nitrogens with zero attached hydrogens (tertiary/aromatic N) is 2. The predicted octanol–water partition coefficient (Wildman–Crippen LogP) is 5.80. The van der Waals surface area contributed by atoms with Gasteiger partial charge in [-0.25, -0.2) is 9.79 Å². The normalized spacial score (nSPS) is 14.9. The molecule has 41 heavy (non-hydrogen) atoms. The third-order valence-electron chi connectivity index (χ3n) is 6.59. The van der Waals surface area contributed by atoms with Crippen LogP contribution in [-0.2, 0) is 16.1 Å². The molecule has 7 nitrogen and oxygen atoms in total. The number of aromatic nitrogens is 1. The van der Waals surface area contributed by atoms with Crippen molar-refractivity contribution < 1.29 is 19.0 Å². The highest BCUT2D eigenvalue weighted by Gasteiger charge is 2.33. The summed E-state index contributed by atoms with van der Waals surface area (Å²) < 4.78 is 19.7. The molecule has 5 rings (SSSR count). The Morgan fingerprint density at radius 3 is 2.59 bits per heavy atom. The van der Waals surface area contributed by atoms with Gasteiger partial charge >= 0.3 is 5.97 Å². The molecule has 1 aliphatic rings. The van der Waals surface area contributed by atoms with Crippen LogP contribution < -0.4 is 24.4 Å². The van der Waals surface area contributed by atoms with Gasteiger partial charge < -0.3 is 14.2 Å². The number of thiazole rings is 1. The molecule has 2 heterocycles. The average Bonchev–Trinajstić information content (AvgIpc) is 3.29. The van der Waals surface area contributed by atoms with E-state index in [1.807, 2.05) is 61.5 Å². The number of allylic oxidation sites excluding steroid dienone is 1. The van der Waals surface area contributed by atoms with Gasteiger partial charge in [-0.05, 0) is 47.9 Å². The Labute approximate surface area is 254 Å². The number of fused-ring (bicyclic) bond motifs is 1. The van der Waals surface area contributed by atoms with Crippen molar-refractivity contribution in [2.75, 3.05) is 14.2 Å². The molecular weight excluding hydrogens is 628 g/mol. The van der Waals surface area contributed by atoms with E-state index in [1.54, 1.807) is 29.9 Å². The molecule has 0 amide bonds. The van der Waals surface area contributed by atoms with Gasteiger partial charge in [-0.1, -0.05) is 88.3 Å². The number of ether oxygens (including phenoxy) is 3. The largest absolute Gasteiger partial charge is 0.493 e. The summed E-state index contributed by atoms with van der Waals surface area (Å²) in [7, 11) is 2.90. The summed E-state index contributed by atoms with van der Waals surface area (Å²) in [5, 5.41) is 0.612. The van der Waals surface area contributed by atoms with Gasteiger partial charge in [-0.15, -0.1) is 0 Å². The first-order valence-corrected chi connectivity index (χ1v) is 14.8. The summed E-state index contributed by atoms with van der Waals surface area (Å²) in [4.78, 5) is 32.3. The molecule has 1 aromatic heterocycles. The third-order valence-corrected chi connectivity index (χ3v) is 8.27. The second kappa shape index (κ2) is 12.5. The maximum Gasteiger partial charge on any atom is 0.338 e. The van der Waals surface area contributed by atoms with Crippen molar-refractivity contribution in [3.05, 3.63) is 124 Å². The van der Waals surface area contributed by atoms with Crippen molar-refractivity contribution in [1.29, 1.82) is 0 Å². The quantitative estimate of drug-likeness (QED) is 0.225. The van der Waals surface area contributed by atoms with Crippen LogP contribution in [0.15, 0.2) is 92.3 Å². The molecule has 0 unspecified atom stereocenters. The Balaban J connectivity index is 1.68. The number of hydrogen-bond donors (Lipinski definition) is 0. The zero-order chi connectivity index (χ0) is 29.1. The molecule has 0 N–H and O–H groups in total. The van der Waals surface area contributed by atoms with Crippen LogP contribution in [-0.4, -0.2) is 24.8 Å². The molecule has 0 spiro atoms. The number of hydrogen-bond acceptors (Lipinski definition) is 7. The van der Waals surface area contributed by atoms with Crippen molar-refractivity contribution in [3.63, 3.8) is 0 Å². The fourth-order valence-corrected chi connectivity index (χ4v) is 6.42. The van der Waals surface area contributed by atoms with Gasteiger partial charge in [0.25, 0.3) is 5.56 Å². The molecule has 0 bridgehead atoms. The number of esters is 1. The van der Waals surface area contributed by atoms with Gasteiger partial charge in [0.05, 0.1) is 36.1 Å². The second-order valence-corrected chi connectivity index (χ2v) is 11.5. The van der Waals surface area contributed by atoms with Crippen LogP contribution in [0.2, 0.25) is 5.02 Å². The molecule has 0 saturated carbocycles. The minimum atomic E-state index is -0.674. The Hall–Kier alpha value is -3.66. The van der Waals surface area contributed by atoms with E-state index < -0.39 is 12.0 Å². The highest BCUT2D eigenvalue weighted by Crippen LogP contribution is 2.36. The molecule has 4 aromatic rings. The maximum atomic E-state index is 14.0. The van der Waals surface area contributed by atoms with Crippen LogP contribution >= 0.6 is 38.9 Å². The summed E-state index contributed by atoms with van der Waals surface area (Å²) in [5.74, 6) is 0.469. The molecule has 0 fully saturated rings. The molecule has 0 saturated heterocycles. The number of rotatable bonds is 8. The Kier molecular flexibility index (Phi) is 8.77. The maximum absolute atomic E-state index is 14.0. The van der Waals surface area contributed by atoms with Crippen LogP contribution in [0.3, 0.4) is 0 Å². The van der Waals surface area contributed by atoms with Crippen LogP contribution in [0, 0.1) is 0 Å². The van der Waals surface area contributed by atoms with Gasteiger partial charge in [-0.3, -0.25) is 9.36 Å². The number of carbonyl (C=O) groups excluding carboxylic acids is 1. The minimum Gasteiger partial charge on any atom is -0.493 e. The van der Waals surface area contributed by atoms with Gasteiger partial charge in [0.2, 0.25) is 0 Å². The van der Waals surface area contributed by atoms with E-state index in [4.69, 9.17) is 30.8 Å². The van der Waals surface area contributed by atoms with E-state index >= 15 is 0 Å².